The Kier molecular flexibility index (Phi) is 5.44. The van der Waals surface area contributed by atoms with Crippen molar-refractivity contribution in [1.29, 1.82) is 0 Å². The fraction of sp³-hybridized carbons (Fsp3) is 0.417. The third-order valence-electron chi connectivity index (χ3n) is 2.31. The molecule has 1 aromatic rings. The van der Waals surface area contributed by atoms with Gasteiger partial charge in [0.15, 0.2) is 6.10 Å². The third kappa shape index (κ3) is 4.02. The second-order valence-corrected chi connectivity index (χ2v) is 4.53. The van der Waals surface area contributed by atoms with Gasteiger partial charge in [0.2, 0.25) is 0 Å². The Bertz CT molecular complexity index is 396. The smallest absolute Gasteiger partial charge is 0.258 e. The van der Waals surface area contributed by atoms with E-state index in [0.29, 0.717) is 12.3 Å². The molecule has 0 saturated heterocycles. The maximum Gasteiger partial charge on any atom is 0.258 e. The largest absolute Gasteiger partial charge is 0.479 e. The average Bonchev–Trinajstić information content (AvgIpc) is 2.29. The topological polar surface area (TPSA) is 64.3 Å². The van der Waals surface area contributed by atoms with Crippen LogP contribution in [0.3, 0.4) is 0 Å². The number of amides is 1. The molecular weight excluding hydrogens is 284 g/mol. The van der Waals surface area contributed by atoms with E-state index < -0.39 is 12.0 Å². The molecule has 0 spiro atoms. The van der Waals surface area contributed by atoms with Crippen LogP contribution in [0.4, 0.5) is 0 Å². The van der Waals surface area contributed by atoms with Crippen molar-refractivity contribution in [2.75, 3.05) is 6.54 Å². The van der Waals surface area contributed by atoms with Crippen LogP contribution >= 0.6 is 15.9 Å². The van der Waals surface area contributed by atoms with Gasteiger partial charge in [-0.15, -0.1) is 0 Å². The van der Waals surface area contributed by atoms with E-state index in [1.807, 2.05) is 25.1 Å². The minimum absolute atomic E-state index is 0.477. The number of rotatable bonds is 6. The summed E-state index contributed by atoms with van der Waals surface area (Å²) in [5.74, 6) is 0.190. The average molecular weight is 301 g/mol. The summed E-state index contributed by atoms with van der Waals surface area (Å²) in [6.45, 7) is 5.23. The van der Waals surface area contributed by atoms with E-state index in [1.165, 1.54) is 0 Å². The van der Waals surface area contributed by atoms with Crippen molar-refractivity contribution in [3.05, 3.63) is 28.2 Å². The summed E-state index contributed by atoms with van der Waals surface area (Å²) in [5, 5.41) is 3.22. The zero-order chi connectivity index (χ0) is 12.8. The minimum Gasteiger partial charge on any atom is -0.479 e. The Morgan fingerprint density at radius 2 is 2.29 bits per heavy atom. The fourth-order valence-electron chi connectivity index (χ4n) is 1.32. The number of nitrogens with two attached hydrogens (primary N) is 1. The predicted octanol–water partition coefficient (Wildman–Crippen LogP) is 1.81. The molecule has 1 unspecified atom stereocenters. The summed E-state index contributed by atoms with van der Waals surface area (Å²) in [6.07, 6.45) is -0.644. The van der Waals surface area contributed by atoms with Gasteiger partial charge in [-0.25, -0.2) is 0 Å². The molecule has 94 valence electrons. The number of carbonyl (C=O) groups is 1. The number of halogens is 1. The SMILES string of the molecule is CCNCc1cccc(Br)c1OC(C)C(N)=O. The van der Waals surface area contributed by atoms with Crippen molar-refractivity contribution in [3.63, 3.8) is 0 Å². The van der Waals surface area contributed by atoms with Gasteiger partial charge >= 0.3 is 0 Å². The van der Waals surface area contributed by atoms with Crippen molar-refractivity contribution in [2.24, 2.45) is 5.73 Å². The van der Waals surface area contributed by atoms with Gasteiger partial charge in [-0.2, -0.15) is 0 Å². The molecule has 1 aromatic carbocycles. The fourth-order valence-corrected chi connectivity index (χ4v) is 1.82. The quantitative estimate of drug-likeness (QED) is 0.842. The number of primary amides is 1. The van der Waals surface area contributed by atoms with Crippen LogP contribution in [0.25, 0.3) is 0 Å². The molecule has 0 aromatic heterocycles. The second-order valence-electron chi connectivity index (χ2n) is 3.67. The molecule has 5 heteroatoms. The second kappa shape index (κ2) is 6.61. The number of ether oxygens (including phenoxy) is 1. The highest BCUT2D eigenvalue weighted by molar-refractivity contribution is 9.10. The normalized spacial score (nSPS) is 12.2. The van der Waals surface area contributed by atoms with Crippen LogP contribution in [-0.2, 0) is 11.3 Å². The van der Waals surface area contributed by atoms with E-state index in [4.69, 9.17) is 10.5 Å². The molecule has 0 heterocycles. The van der Waals surface area contributed by atoms with Crippen molar-refractivity contribution >= 4 is 21.8 Å². The molecule has 0 aliphatic heterocycles. The highest BCUT2D eigenvalue weighted by atomic mass is 79.9. The molecule has 3 N–H and O–H groups in total. The summed E-state index contributed by atoms with van der Waals surface area (Å²) >= 11 is 3.41. The van der Waals surface area contributed by atoms with E-state index in [2.05, 4.69) is 21.2 Å². The lowest BCUT2D eigenvalue weighted by molar-refractivity contribution is -0.124. The minimum atomic E-state index is -0.644. The standard InChI is InChI=1S/C12H17BrN2O2/c1-3-15-7-9-5-4-6-10(13)11(9)17-8(2)12(14)16/h4-6,8,15H,3,7H2,1-2H3,(H2,14,16). The van der Waals surface area contributed by atoms with Gasteiger partial charge in [0.25, 0.3) is 5.91 Å². The van der Waals surface area contributed by atoms with E-state index >= 15 is 0 Å². The molecule has 17 heavy (non-hydrogen) atoms. The Balaban J connectivity index is 2.90. The molecule has 1 amide bonds. The van der Waals surface area contributed by atoms with Crippen molar-refractivity contribution < 1.29 is 9.53 Å². The van der Waals surface area contributed by atoms with Gasteiger partial charge in [0, 0.05) is 12.1 Å². The van der Waals surface area contributed by atoms with E-state index in [1.54, 1.807) is 6.92 Å². The highest BCUT2D eigenvalue weighted by Gasteiger charge is 2.15. The Morgan fingerprint density at radius 1 is 1.59 bits per heavy atom. The van der Waals surface area contributed by atoms with Gasteiger partial charge in [0.1, 0.15) is 5.75 Å². The maximum atomic E-state index is 11.0. The summed E-state index contributed by atoms with van der Waals surface area (Å²) in [4.78, 5) is 11.0. The molecule has 4 nitrogen and oxygen atoms in total. The van der Waals surface area contributed by atoms with Crippen LogP contribution in [0.2, 0.25) is 0 Å². The number of hydrogen-bond donors (Lipinski definition) is 2. The first-order valence-electron chi connectivity index (χ1n) is 5.50. The van der Waals surface area contributed by atoms with Gasteiger partial charge in [-0.05, 0) is 35.5 Å². The lowest BCUT2D eigenvalue weighted by Crippen LogP contribution is -2.31. The lowest BCUT2D eigenvalue weighted by atomic mass is 10.2. The van der Waals surface area contributed by atoms with Gasteiger partial charge in [-0.3, -0.25) is 4.79 Å². The zero-order valence-electron chi connectivity index (χ0n) is 10.00. The first-order chi connectivity index (χ1) is 8.06. The molecule has 1 atom stereocenters. The first kappa shape index (κ1) is 14.0. The molecule has 1 rings (SSSR count). The molecule has 0 bridgehead atoms. The van der Waals surface area contributed by atoms with Crippen LogP contribution < -0.4 is 15.8 Å². The summed E-state index contributed by atoms with van der Waals surface area (Å²) in [6, 6.07) is 5.76. The molecule has 0 radical (unpaired) electrons. The molecule has 0 aliphatic rings. The van der Waals surface area contributed by atoms with Crippen LogP contribution in [0.1, 0.15) is 19.4 Å². The predicted molar refractivity (Wildman–Crippen MR) is 70.8 cm³/mol. The Labute approximate surface area is 110 Å². The summed E-state index contributed by atoms with van der Waals surface area (Å²) in [5.41, 5.74) is 6.18. The Morgan fingerprint density at radius 3 is 2.88 bits per heavy atom. The van der Waals surface area contributed by atoms with E-state index in [0.717, 1.165) is 16.6 Å². The monoisotopic (exact) mass is 300 g/mol. The zero-order valence-corrected chi connectivity index (χ0v) is 11.6. The van der Waals surface area contributed by atoms with Gasteiger partial charge in [-0.1, -0.05) is 19.1 Å². The summed E-state index contributed by atoms with van der Waals surface area (Å²) in [7, 11) is 0. The van der Waals surface area contributed by atoms with Crippen LogP contribution in [0, 0.1) is 0 Å². The first-order valence-corrected chi connectivity index (χ1v) is 6.29. The molecule has 0 saturated carbocycles. The van der Waals surface area contributed by atoms with Crippen LogP contribution in [-0.4, -0.2) is 18.6 Å². The van der Waals surface area contributed by atoms with Crippen molar-refractivity contribution in [1.82, 2.24) is 5.32 Å². The number of para-hydroxylation sites is 1. The number of hydrogen-bond acceptors (Lipinski definition) is 3. The summed E-state index contributed by atoms with van der Waals surface area (Å²) < 4.78 is 6.39. The van der Waals surface area contributed by atoms with Crippen LogP contribution in [0.15, 0.2) is 22.7 Å². The molecular formula is C12H17BrN2O2. The van der Waals surface area contributed by atoms with Crippen molar-refractivity contribution in [2.45, 2.75) is 26.5 Å². The number of benzene rings is 1. The Hall–Kier alpha value is -1.07. The van der Waals surface area contributed by atoms with Gasteiger partial charge in [0.05, 0.1) is 4.47 Å². The number of nitrogens with one attached hydrogen (secondary N) is 1. The third-order valence-corrected chi connectivity index (χ3v) is 2.93. The lowest BCUT2D eigenvalue weighted by Gasteiger charge is -2.16. The van der Waals surface area contributed by atoms with Crippen molar-refractivity contribution in [3.8, 4) is 5.75 Å². The maximum absolute atomic E-state index is 11.0. The molecule has 0 aliphatic carbocycles. The molecule has 0 fully saturated rings. The van der Waals surface area contributed by atoms with E-state index in [-0.39, 0.29) is 0 Å². The number of carbonyl (C=O) groups excluding carboxylic acids is 1. The van der Waals surface area contributed by atoms with Crippen LogP contribution in [0.5, 0.6) is 5.75 Å². The highest BCUT2D eigenvalue weighted by Crippen LogP contribution is 2.29. The van der Waals surface area contributed by atoms with Gasteiger partial charge < -0.3 is 15.8 Å². The van der Waals surface area contributed by atoms with E-state index in [9.17, 15) is 4.79 Å².